The smallest absolute Gasteiger partial charge is 0.133 e. The number of methoxy groups -OCH3 is 2. The van der Waals surface area contributed by atoms with Gasteiger partial charge < -0.3 is 64.6 Å². The summed E-state index contributed by atoms with van der Waals surface area (Å²) in [5, 5.41) is 64.5. The average molecular weight is 919 g/mol. The molecular formula is C54H66N2O11. The monoisotopic (exact) mass is 918 g/mol. The molecule has 2 aliphatic heterocycles. The van der Waals surface area contributed by atoms with Crippen LogP contribution in [0, 0.1) is 11.8 Å². The van der Waals surface area contributed by atoms with E-state index in [0.717, 1.165) is 78.4 Å². The molecule has 4 aliphatic rings. The molecule has 67 heavy (non-hydrogen) atoms. The molecule has 2 fully saturated rings. The van der Waals surface area contributed by atoms with Gasteiger partial charge in [-0.05, 0) is 136 Å². The zero-order chi connectivity index (χ0) is 46.6. The Morgan fingerprint density at radius 2 is 1.58 bits per heavy atom. The molecule has 13 nitrogen and oxygen atoms in total. The van der Waals surface area contributed by atoms with Gasteiger partial charge >= 0.3 is 0 Å². The lowest BCUT2D eigenvalue weighted by Crippen LogP contribution is -2.52. The summed E-state index contributed by atoms with van der Waals surface area (Å²) in [5.41, 5.74) is 4.63. The van der Waals surface area contributed by atoms with E-state index in [4.69, 9.17) is 28.4 Å². The fourth-order valence-electron chi connectivity index (χ4n) is 11.1. The third-order valence-corrected chi connectivity index (χ3v) is 14.4. The standard InChI is InChI=1S/C54H66N2O11/c1-55-19-20-56-46-18-15-37(60)27-49(46)67-54-44-29-48(63-3)42-26-36(59)14-17-41(42)53(44)66-47(12-7-21-62-2)50(54)45-30-64-52-33(25-39(28-43(52)51(45)61)65-38-10-4-5-11-38)22-32-24-35(58)13-16-40(32)31-8-6-9-34(57)23-31/h6,8-9,13-14,16-17,23-26,28-29,37-38,45-47,49-51,54-61H,4-5,7,10-12,15,18-22,27,30H2,1-3H3/t37-,45+,46-,47+,49+,50+,51+,54-/m0/s1. The first-order valence-corrected chi connectivity index (χ1v) is 24.1. The Morgan fingerprint density at radius 1 is 0.776 bits per heavy atom. The Bertz CT molecular complexity index is 2490. The Hall–Kier alpha value is -5.28. The van der Waals surface area contributed by atoms with Crippen molar-refractivity contribution >= 4 is 10.8 Å². The molecule has 9 rings (SSSR count). The Kier molecular flexibility index (Phi) is 14.6. The number of hydrogen-bond acceptors (Lipinski definition) is 13. The van der Waals surface area contributed by atoms with Crippen LogP contribution in [-0.4, -0.2) is 104 Å². The number of fused-ring (bicyclic) bond motifs is 4. The molecule has 2 aliphatic carbocycles. The van der Waals surface area contributed by atoms with Crippen molar-refractivity contribution in [1.29, 1.82) is 0 Å². The maximum Gasteiger partial charge on any atom is 0.133 e. The number of rotatable bonds is 17. The lowest BCUT2D eigenvalue weighted by Gasteiger charge is -2.48. The number of nitrogens with one attached hydrogen (secondary N) is 2. The number of likely N-dealkylation sites (N-methyl/N-ethyl adjacent to an activating group) is 1. The van der Waals surface area contributed by atoms with Gasteiger partial charge in [-0.1, -0.05) is 18.2 Å². The number of hydrogen-bond donors (Lipinski definition) is 7. The highest BCUT2D eigenvalue weighted by molar-refractivity contribution is 5.96. The van der Waals surface area contributed by atoms with Crippen LogP contribution >= 0.6 is 0 Å². The molecule has 5 aromatic carbocycles. The Morgan fingerprint density at radius 3 is 2.37 bits per heavy atom. The van der Waals surface area contributed by atoms with Gasteiger partial charge in [0.25, 0.3) is 0 Å². The van der Waals surface area contributed by atoms with Crippen molar-refractivity contribution in [3.8, 4) is 51.4 Å². The van der Waals surface area contributed by atoms with E-state index in [1.807, 2.05) is 43.4 Å². The fourth-order valence-corrected chi connectivity index (χ4v) is 11.1. The van der Waals surface area contributed by atoms with E-state index in [-0.39, 0.29) is 42.1 Å². The summed E-state index contributed by atoms with van der Waals surface area (Å²) < 4.78 is 39.9. The highest BCUT2D eigenvalue weighted by Crippen LogP contribution is 2.55. The topological polar surface area (TPSA) is 181 Å². The number of ether oxygens (including phenoxy) is 6. The molecule has 0 amide bonds. The third-order valence-electron chi connectivity index (χ3n) is 14.4. The van der Waals surface area contributed by atoms with Crippen LogP contribution in [0.25, 0.3) is 21.9 Å². The minimum Gasteiger partial charge on any atom is -0.508 e. The van der Waals surface area contributed by atoms with Crippen LogP contribution in [0.1, 0.15) is 92.2 Å². The van der Waals surface area contributed by atoms with E-state index in [2.05, 4.69) is 10.6 Å². The molecule has 0 saturated heterocycles. The van der Waals surface area contributed by atoms with E-state index < -0.39 is 36.3 Å². The van der Waals surface area contributed by atoms with Gasteiger partial charge in [-0.2, -0.15) is 0 Å². The van der Waals surface area contributed by atoms with Gasteiger partial charge in [-0.3, -0.25) is 0 Å². The van der Waals surface area contributed by atoms with Crippen molar-refractivity contribution in [2.45, 2.75) is 107 Å². The average Bonchev–Trinajstić information content (AvgIpc) is 3.83. The zero-order valence-corrected chi connectivity index (χ0v) is 38.8. The molecule has 0 radical (unpaired) electrons. The van der Waals surface area contributed by atoms with Gasteiger partial charge in [0, 0.05) is 85.0 Å². The molecule has 8 atom stereocenters. The van der Waals surface area contributed by atoms with Crippen LogP contribution < -0.4 is 29.6 Å². The van der Waals surface area contributed by atoms with Gasteiger partial charge in [0.05, 0.1) is 44.2 Å². The largest absolute Gasteiger partial charge is 0.508 e. The van der Waals surface area contributed by atoms with Crippen LogP contribution in [0.15, 0.2) is 78.9 Å². The van der Waals surface area contributed by atoms with E-state index >= 15 is 0 Å². The van der Waals surface area contributed by atoms with E-state index in [9.17, 15) is 25.5 Å². The Labute approximate surface area is 393 Å². The molecule has 13 heteroatoms. The summed E-state index contributed by atoms with van der Waals surface area (Å²) >= 11 is 0. The zero-order valence-electron chi connectivity index (χ0n) is 38.8. The van der Waals surface area contributed by atoms with Crippen molar-refractivity contribution in [2.24, 2.45) is 11.8 Å². The van der Waals surface area contributed by atoms with E-state index in [0.29, 0.717) is 72.7 Å². The molecule has 358 valence electrons. The van der Waals surface area contributed by atoms with Gasteiger partial charge in [-0.25, -0.2) is 0 Å². The summed E-state index contributed by atoms with van der Waals surface area (Å²) in [7, 11) is 5.22. The molecule has 0 spiro atoms. The Balaban J connectivity index is 1.16. The molecule has 0 unspecified atom stereocenters. The number of phenols is 3. The summed E-state index contributed by atoms with van der Waals surface area (Å²) in [6.07, 6.45) is 4.47. The van der Waals surface area contributed by atoms with Gasteiger partial charge in [-0.15, -0.1) is 0 Å². The van der Waals surface area contributed by atoms with Gasteiger partial charge in [0.15, 0.2) is 0 Å². The number of phenolic OH excluding ortho intramolecular Hbond substituents is 3. The second-order valence-corrected chi connectivity index (χ2v) is 18.8. The summed E-state index contributed by atoms with van der Waals surface area (Å²) in [6, 6.07) is 23.3. The van der Waals surface area contributed by atoms with E-state index in [1.165, 1.54) is 0 Å². The molecular weight excluding hydrogens is 853 g/mol. The number of aliphatic hydroxyl groups excluding tert-OH is 2. The third kappa shape index (κ3) is 10.1. The second-order valence-electron chi connectivity index (χ2n) is 18.8. The lowest BCUT2D eigenvalue weighted by atomic mass is 9.72. The number of benzene rings is 5. The first-order chi connectivity index (χ1) is 32.6. The quantitative estimate of drug-likeness (QED) is 0.0444. The number of aromatic hydroxyl groups is 3. The normalized spacial score (nSPS) is 25.0. The van der Waals surface area contributed by atoms with Crippen molar-refractivity contribution in [1.82, 2.24) is 10.6 Å². The van der Waals surface area contributed by atoms with Gasteiger partial charge in [0.1, 0.15) is 46.4 Å². The maximum atomic E-state index is 13.1. The SMILES string of the molecule is CNCCN[C@H]1CC[C@H](O)C[C@H]1O[C@H]1c2cc(OC)c3cc(O)ccc3c2O[C@H](CCCOC)[C@H]1[C@H]1COc2c(Cc3cc(O)ccc3-c3cccc(O)c3)cc(OC3CCCC3)cc2[C@H]1O. The molecule has 7 N–H and O–H groups in total. The van der Waals surface area contributed by atoms with Gasteiger partial charge in [0.2, 0.25) is 0 Å². The van der Waals surface area contributed by atoms with Crippen molar-refractivity contribution < 1.29 is 54.0 Å². The molecule has 2 saturated carbocycles. The van der Waals surface area contributed by atoms with Crippen LogP contribution in [0.3, 0.4) is 0 Å². The fraction of sp³-hybridized carbons (Fsp3) is 0.481. The molecule has 2 heterocycles. The van der Waals surface area contributed by atoms with Crippen molar-refractivity contribution in [3.63, 3.8) is 0 Å². The number of aliphatic hydroxyl groups is 2. The van der Waals surface area contributed by atoms with Crippen LogP contribution in [-0.2, 0) is 15.9 Å². The van der Waals surface area contributed by atoms with Crippen molar-refractivity contribution in [2.75, 3.05) is 47.6 Å². The van der Waals surface area contributed by atoms with Crippen LogP contribution in [0.2, 0.25) is 0 Å². The minimum atomic E-state index is -1.05. The molecule has 0 bridgehead atoms. The molecule has 5 aromatic rings. The highest BCUT2D eigenvalue weighted by atomic mass is 16.5. The van der Waals surface area contributed by atoms with Crippen LogP contribution in [0.4, 0.5) is 0 Å². The summed E-state index contributed by atoms with van der Waals surface area (Å²) in [4.78, 5) is 0. The minimum absolute atomic E-state index is 0.0387. The summed E-state index contributed by atoms with van der Waals surface area (Å²) in [6.45, 7) is 2.15. The predicted octanol–water partition coefficient (Wildman–Crippen LogP) is 8.24. The maximum absolute atomic E-state index is 13.1. The predicted molar refractivity (Wildman–Crippen MR) is 256 cm³/mol. The van der Waals surface area contributed by atoms with E-state index in [1.54, 1.807) is 56.7 Å². The second kappa shape index (κ2) is 20.9. The van der Waals surface area contributed by atoms with Crippen LogP contribution in [0.5, 0.6) is 40.2 Å². The first-order valence-electron chi connectivity index (χ1n) is 24.1. The highest BCUT2D eigenvalue weighted by Gasteiger charge is 2.50. The molecule has 0 aromatic heterocycles. The van der Waals surface area contributed by atoms with Crippen molar-refractivity contribution in [3.05, 3.63) is 101 Å². The first kappa shape index (κ1) is 46.8. The lowest BCUT2D eigenvalue weighted by molar-refractivity contribution is -0.151. The summed E-state index contributed by atoms with van der Waals surface area (Å²) in [5.74, 6) is 1.74.